The van der Waals surface area contributed by atoms with Gasteiger partial charge in [-0.2, -0.15) is 0 Å². The molecule has 0 aromatic rings. The predicted octanol–water partition coefficient (Wildman–Crippen LogP) is 1.20. The number of hydrogen-bond donors (Lipinski definition) is 1. The topological polar surface area (TPSA) is 63.4 Å². The lowest BCUT2D eigenvalue weighted by Gasteiger charge is -2.17. The van der Waals surface area contributed by atoms with Gasteiger partial charge in [0.05, 0.1) is 0 Å². The first-order chi connectivity index (χ1) is 5.06. The van der Waals surface area contributed by atoms with E-state index in [1.165, 1.54) is 6.92 Å². The summed E-state index contributed by atoms with van der Waals surface area (Å²) in [6, 6.07) is 0. The summed E-state index contributed by atoms with van der Waals surface area (Å²) < 4.78 is 0. The third-order valence-corrected chi connectivity index (χ3v) is 1.85. The van der Waals surface area contributed by atoms with Crippen LogP contribution in [0.3, 0.4) is 0 Å². The van der Waals surface area contributed by atoms with E-state index in [0.29, 0.717) is 6.42 Å². The summed E-state index contributed by atoms with van der Waals surface area (Å²) >= 11 is 0. The lowest BCUT2D eigenvalue weighted by atomic mass is 9.97. The second-order valence-electron chi connectivity index (χ2n) is 3.02. The Morgan fingerprint density at radius 2 is 2.18 bits per heavy atom. The Bertz CT molecular complexity index is 138. The van der Waals surface area contributed by atoms with Crippen molar-refractivity contribution in [3.8, 4) is 0 Å². The zero-order valence-electron chi connectivity index (χ0n) is 7.04. The van der Waals surface area contributed by atoms with Gasteiger partial charge in [-0.1, -0.05) is 13.3 Å². The van der Waals surface area contributed by atoms with Crippen molar-refractivity contribution in [1.82, 2.24) is 0 Å². The summed E-state index contributed by atoms with van der Waals surface area (Å²) in [5.74, 6) is 0. The number of nitro groups is 1. The number of unbranched alkanes of at least 4 members (excludes halogenated alkanes) is 1. The van der Waals surface area contributed by atoms with Gasteiger partial charge in [0.25, 0.3) is 0 Å². The maximum Gasteiger partial charge on any atom is 0.242 e. The van der Waals surface area contributed by atoms with Crippen LogP contribution in [0.4, 0.5) is 0 Å². The summed E-state index contributed by atoms with van der Waals surface area (Å²) in [6.07, 6.45) is 2.16. The standard InChI is InChI=1S/C7H15NO3/c1-3-4-5-7(2,6-9)8(10)11/h9H,3-6H2,1-2H3. The van der Waals surface area contributed by atoms with Crippen molar-refractivity contribution in [3.63, 3.8) is 0 Å². The van der Waals surface area contributed by atoms with E-state index in [0.717, 1.165) is 12.8 Å². The van der Waals surface area contributed by atoms with Crippen molar-refractivity contribution in [1.29, 1.82) is 0 Å². The molecule has 0 rings (SSSR count). The van der Waals surface area contributed by atoms with Gasteiger partial charge < -0.3 is 5.11 Å². The van der Waals surface area contributed by atoms with E-state index in [1.54, 1.807) is 0 Å². The SMILES string of the molecule is CCCCC(C)(CO)[N+](=O)[O-]. The van der Waals surface area contributed by atoms with Crippen LogP contribution < -0.4 is 0 Å². The molecule has 11 heavy (non-hydrogen) atoms. The minimum Gasteiger partial charge on any atom is -0.389 e. The number of rotatable bonds is 5. The lowest BCUT2D eigenvalue weighted by molar-refractivity contribution is -0.570. The molecule has 0 bridgehead atoms. The van der Waals surface area contributed by atoms with Crippen LogP contribution in [0.5, 0.6) is 0 Å². The van der Waals surface area contributed by atoms with E-state index in [1.807, 2.05) is 6.92 Å². The van der Waals surface area contributed by atoms with Crippen molar-refractivity contribution >= 4 is 0 Å². The molecule has 66 valence electrons. The Kier molecular flexibility index (Phi) is 4.03. The second kappa shape index (κ2) is 4.28. The van der Waals surface area contributed by atoms with Gasteiger partial charge in [0, 0.05) is 18.3 Å². The van der Waals surface area contributed by atoms with Gasteiger partial charge in [0.1, 0.15) is 6.61 Å². The molecule has 1 atom stereocenters. The molecule has 0 saturated heterocycles. The minimum absolute atomic E-state index is 0.375. The molecule has 0 aromatic heterocycles. The Morgan fingerprint density at radius 3 is 2.45 bits per heavy atom. The molecule has 0 aromatic carbocycles. The van der Waals surface area contributed by atoms with Crippen molar-refractivity contribution in [2.24, 2.45) is 0 Å². The first-order valence-corrected chi connectivity index (χ1v) is 3.82. The summed E-state index contributed by atoms with van der Waals surface area (Å²) in [6.45, 7) is 3.07. The van der Waals surface area contributed by atoms with Crippen LogP contribution in [0.2, 0.25) is 0 Å². The Hall–Kier alpha value is -0.640. The maximum atomic E-state index is 10.4. The van der Waals surface area contributed by atoms with Crippen LogP contribution in [-0.2, 0) is 0 Å². The molecule has 4 nitrogen and oxygen atoms in total. The highest BCUT2D eigenvalue weighted by Gasteiger charge is 2.35. The van der Waals surface area contributed by atoms with Crippen molar-refractivity contribution < 1.29 is 10.0 Å². The summed E-state index contributed by atoms with van der Waals surface area (Å²) in [7, 11) is 0. The zero-order chi connectivity index (χ0) is 8.91. The van der Waals surface area contributed by atoms with Gasteiger partial charge in [0.15, 0.2) is 0 Å². The van der Waals surface area contributed by atoms with E-state index >= 15 is 0 Å². The number of aliphatic hydroxyl groups is 1. The first-order valence-electron chi connectivity index (χ1n) is 3.82. The number of nitrogens with zero attached hydrogens (tertiary/aromatic N) is 1. The van der Waals surface area contributed by atoms with Crippen LogP contribution >= 0.6 is 0 Å². The van der Waals surface area contributed by atoms with Gasteiger partial charge in [-0.05, 0) is 6.42 Å². The first kappa shape index (κ1) is 10.4. The van der Waals surface area contributed by atoms with Crippen LogP contribution in [0, 0.1) is 10.1 Å². The molecule has 0 spiro atoms. The Balaban J connectivity index is 3.99. The normalized spacial score (nSPS) is 15.9. The number of aliphatic hydroxyl groups excluding tert-OH is 1. The van der Waals surface area contributed by atoms with Crippen molar-refractivity contribution in [3.05, 3.63) is 10.1 Å². The smallest absolute Gasteiger partial charge is 0.242 e. The van der Waals surface area contributed by atoms with Gasteiger partial charge in [-0.3, -0.25) is 10.1 Å². The van der Waals surface area contributed by atoms with Gasteiger partial charge in [-0.25, -0.2) is 0 Å². The zero-order valence-corrected chi connectivity index (χ0v) is 7.04. The highest BCUT2D eigenvalue weighted by atomic mass is 16.6. The summed E-state index contributed by atoms with van der Waals surface area (Å²) in [5, 5.41) is 19.1. The lowest BCUT2D eigenvalue weighted by Crippen LogP contribution is -2.38. The van der Waals surface area contributed by atoms with E-state index in [4.69, 9.17) is 5.11 Å². The largest absolute Gasteiger partial charge is 0.389 e. The molecular formula is C7H15NO3. The predicted molar refractivity (Wildman–Crippen MR) is 42.0 cm³/mol. The van der Waals surface area contributed by atoms with Crippen molar-refractivity contribution in [2.45, 2.75) is 38.6 Å². The third kappa shape index (κ3) is 2.84. The maximum absolute atomic E-state index is 10.4. The average molecular weight is 161 g/mol. The molecule has 0 aliphatic carbocycles. The molecule has 0 saturated carbocycles. The fourth-order valence-corrected chi connectivity index (χ4v) is 0.786. The summed E-state index contributed by atoms with van der Waals surface area (Å²) in [5.41, 5.74) is -1.13. The molecule has 0 amide bonds. The van der Waals surface area contributed by atoms with E-state index in [-0.39, 0.29) is 6.61 Å². The van der Waals surface area contributed by atoms with Gasteiger partial charge >= 0.3 is 0 Å². The third-order valence-electron chi connectivity index (χ3n) is 1.85. The fraction of sp³-hybridized carbons (Fsp3) is 1.00. The summed E-state index contributed by atoms with van der Waals surface area (Å²) in [4.78, 5) is 10.0. The molecule has 0 radical (unpaired) electrons. The molecule has 0 fully saturated rings. The fourth-order valence-electron chi connectivity index (χ4n) is 0.786. The number of hydrogen-bond acceptors (Lipinski definition) is 3. The Labute approximate surface area is 66.4 Å². The van der Waals surface area contributed by atoms with E-state index in [2.05, 4.69) is 0 Å². The monoisotopic (exact) mass is 161 g/mol. The highest BCUT2D eigenvalue weighted by molar-refractivity contribution is 4.71. The van der Waals surface area contributed by atoms with E-state index in [9.17, 15) is 10.1 Å². The molecule has 1 N–H and O–H groups in total. The van der Waals surface area contributed by atoms with Crippen LogP contribution in [0.15, 0.2) is 0 Å². The van der Waals surface area contributed by atoms with Crippen LogP contribution in [-0.4, -0.2) is 22.2 Å². The molecular weight excluding hydrogens is 146 g/mol. The molecule has 0 aliphatic rings. The Morgan fingerprint density at radius 1 is 1.64 bits per heavy atom. The average Bonchev–Trinajstić information content (AvgIpc) is 2.00. The van der Waals surface area contributed by atoms with Gasteiger partial charge in [-0.15, -0.1) is 0 Å². The van der Waals surface area contributed by atoms with Crippen LogP contribution in [0.1, 0.15) is 33.1 Å². The van der Waals surface area contributed by atoms with Gasteiger partial charge in [0.2, 0.25) is 5.54 Å². The molecule has 4 heteroatoms. The second-order valence-corrected chi connectivity index (χ2v) is 3.02. The minimum atomic E-state index is -1.13. The van der Waals surface area contributed by atoms with Crippen molar-refractivity contribution in [2.75, 3.05) is 6.61 Å². The molecule has 1 unspecified atom stereocenters. The van der Waals surface area contributed by atoms with Crippen LogP contribution in [0.25, 0.3) is 0 Å². The molecule has 0 heterocycles. The molecule has 0 aliphatic heterocycles. The van der Waals surface area contributed by atoms with E-state index < -0.39 is 10.5 Å². The highest BCUT2D eigenvalue weighted by Crippen LogP contribution is 2.16. The quantitative estimate of drug-likeness (QED) is 0.486.